The quantitative estimate of drug-likeness (QED) is 0.911. The number of aromatic nitrogens is 1. The zero-order chi connectivity index (χ0) is 14.8. The summed E-state index contributed by atoms with van der Waals surface area (Å²) in [6.07, 6.45) is 3.34. The molecule has 1 aliphatic carbocycles. The maximum atomic E-state index is 13.4. The SMILES string of the molecule is Cc1nc2c(s1)C(NCc1ccc(F)c(CO)c1)CCC2. The van der Waals surface area contributed by atoms with E-state index < -0.39 is 0 Å². The summed E-state index contributed by atoms with van der Waals surface area (Å²) in [5, 5.41) is 13.8. The Balaban J connectivity index is 1.71. The van der Waals surface area contributed by atoms with E-state index in [-0.39, 0.29) is 12.4 Å². The van der Waals surface area contributed by atoms with Gasteiger partial charge in [-0.2, -0.15) is 0 Å². The molecule has 0 aliphatic heterocycles. The third-order valence-electron chi connectivity index (χ3n) is 3.89. The number of nitrogens with one attached hydrogen (secondary N) is 1. The van der Waals surface area contributed by atoms with Gasteiger partial charge >= 0.3 is 0 Å². The number of fused-ring (bicyclic) bond motifs is 1. The van der Waals surface area contributed by atoms with Crippen molar-refractivity contribution in [3.8, 4) is 0 Å². The van der Waals surface area contributed by atoms with Gasteiger partial charge in [0.2, 0.25) is 0 Å². The number of aryl methyl sites for hydroxylation is 2. The first-order valence-electron chi connectivity index (χ1n) is 7.25. The van der Waals surface area contributed by atoms with Crippen molar-refractivity contribution >= 4 is 11.3 Å². The molecule has 1 aromatic heterocycles. The number of halogens is 1. The molecule has 21 heavy (non-hydrogen) atoms. The van der Waals surface area contributed by atoms with E-state index in [2.05, 4.69) is 10.3 Å². The first-order valence-corrected chi connectivity index (χ1v) is 8.07. The average molecular weight is 306 g/mol. The highest BCUT2D eigenvalue weighted by molar-refractivity contribution is 7.11. The molecule has 1 aromatic carbocycles. The minimum absolute atomic E-state index is 0.263. The molecule has 0 spiro atoms. The van der Waals surface area contributed by atoms with E-state index in [1.165, 1.54) is 16.6 Å². The number of rotatable bonds is 4. The second kappa shape index (κ2) is 6.22. The van der Waals surface area contributed by atoms with Crippen LogP contribution in [0.1, 0.15) is 45.6 Å². The van der Waals surface area contributed by atoms with Gasteiger partial charge in [0.25, 0.3) is 0 Å². The van der Waals surface area contributed by atoms with Gasteiger partial charge in [-0.05, 0) is 43.9 Å². The van der Waals surface area contributed by atoms with Gasteiger partial charge in [0.1, 0.15) is 5.82 Å². The Bertz CT molecular complexity index is 641. The molecule has 0 fully saturated rings. The average Bonchev–Trinajstić information content (AvgIpc) is 2.87. The lowest BCUT2D eigenvalue weighted by atomic mass is 9.98. The summed E-state index contributed by atoms with van der Waals surface area (Å²) in [5.41, 5.74) is 2.58. The third-order valence-corrected chi connectivity index (χ3v) is 5.02. The summed E-state index contributed by atoms with van der Waals surface area (Å²) in [6, 6.07) is 5.25. The molecule has 1 heterocycles. The maximum Gasteiger partial charge on any atom is 0.128 e. The van der Waals surface area contributed by atoms with Gasteiger partial charge in [-0.3, -0.25) is 0 Å². The van der Waals surface area contributed by atoms with Crippen LogP contribution < -0.4 is 5.32 Å². The molecule has 1 aliphatic rings. The van der Waals surface area contributed by atoms with Gasteiger partial charge < -0.3 is 10.4 Å². The number of nitrogens with zero attached hydrogens (tertiary/aromatic N) is 1. The molecule has 0 saturated heterocycles. The number of hydrogen-bond acceptors (Lipinski definition) is 4. The van der Waals surface area contributed by atoms with Crippen molar-refractivity contribution in [2.75, 3.05) is 0 Å². The van der Waals surface area contributed by atoms with E-state index in [1.54, 1.807) is 23.5 Å². The Kier molecular flexibility index (Phi) is 4.33. The summed E-state index contributed by atoms with van der Waals surface area (Å²) in [6.45, 7) is 2.46. The van der Waals surface area contributed by atoms with Gasteiger partial charge in [-0.1, -0.05) is 6.07 Å². The van der Waals surface area contributed by atoms with E-state index in [0.717, 1.165) is 29.8 Å². The molecule has 3 nitrogen and oxygen atoms in total. The summed E-state index contributed by atoms with van der Waals surface area (Å²) >= 11 is 1.77. The molecule has 0 bridgehead atoms. The fourth-order valence-corrected chi connectivity index (χ4v) is 3.92. The lowest BCUT2D eigenvalue weighted by molar-refractivity contribution is 0.275. The largest absolute Gasteiger partial charge is 0.392 e. The van der Waals surface area contributed by atoms with Crippen molar-refractivity contribution in [3.05, 3.63) is 50.7 Å². The Morgan fingerprint density at radius 3 is 3.14 bits per heavy atom. The number of hydrogen-bond donors (Lipinski definition) is 2. The van der Waals surface area contributed by atoms with Crippen LogP contribution >= 0.6 is 11.3 Å². The normalized spacial score (nSPS) is 17.8. The first kappa shape index (κ1) is 14.6. The standard InChI is InChI=1S/C16H19FN2OS/c1-10-19-15-4-2-3-14(16(15)21-10)18-8-11-5-6-13(17)12(7-11)9-20/h5-7,14,18,20H,2-4,8-9H2,1H3. The molecule has 3 rings (SSSR count). The van der Waals surface area contributed by atoms with Crippen LogP contribution in [0.15, 0.2) is 18.2 Å². The van der Waals surface area contributed by atoms with E-state index in [1.807, 2.05) is 6.92 Å². The van der Waals surface area contributed by atoms with Crippen molar-refractivity contribution in [1.29, 1.82) is 0 Å². The first-order chi connectivity index (χ1) is 10.2. The third kappa shape index (κ3) is 3.15. The van der Waals surface area contributed by atoms with Crippen LogP contribution in [0.2, 0.25) is 0 Å². The second-order valence-corrected chi connectivity index (χ2v) is 6.69. The molecule has 0 amide bonds. The molecule has 112 valence electrons. The molecule has 2 N–H and O–H groups in total. The van der Waals surface area contributed by atoms with E-state index in [4.69, 9.17) is 5.11 Å². The Morgan fingerprint density at radius 1 is 1.48 bits per heavy atom. The highest BCUT2D eigenvalue weighted by atomic mass is 32.1. The number of thiazole rings is 1. The van der Waals surface area contributed by atoms with Gasteiger partial charge in [0, 0.05) is 23.0 Å². The minimum Gasteiger partial charge on any atom is -0.392 e. The van der Waals surface area contributed by atoms with Gasteiger partial charge in [-0.15, -0.1) is 11.3 Å². The van der Waals surface area contributed by atoms with Crippen LogP contribution in [0.4, 0.5) is 4.39 Å². The van der Waals surface area contributed by atoms with E-state index >= 15 is 0 Å². The molecule has 0 radical (unpaired) electrons. The van der Waals surface area contributed by atoms with Crippen molar-refractivity contribution in [1.82, 2.24) is 10.3 Å². The number of aliphatic hydroxyl groups is 1. The zero-order valence-corrected chi connectivity index (χ0v) is 12.8. The summed E-state index contributed by atoms with van der Waals surface area (Å²) < 4.78 is 13.4. The van der Waals surface area contributed by atoms with Gasteiger partial charge in [0.05, 0.1) is 17.3 Å². The summed E-state index contributed by atoms with van der Waals surface area (Å²) in [5.74, 6) is -0.348. The Morgan fingerprint density at radius 2 is 2.33 bits per heavy atom. The van der Waals surface area contributed by atoms with Crippen molar-refractivity contribution in [2.24, 2.45) is 0 Å². The molecule has 1 atom stereocenters. The minimum atomic E-state index is -0.348. The Labute approximate surface area is 127 Å². The van der Waals surface area contributed by atoms with Crippen LogP contribution in [0.5, 0.6) is 0 Å². The fourth-order valence-electron chi connectivity index (χ4n) is 2.84. The van der Waals surface area contributed by atoms with Gasteiger partial charge in [-0.25, -0.2) is 9.37 Å². The topological polar surface area (TPSA) is 45.2 Å². The molecule has 0 saturated carbocycles. The monoisotopic (exact) mass is 306 g/mol. The van der Waals surface area contributed by atoms with Crippen molar-refractivity contribution < 1.29 is 9.50 Å². The lowest BCUT2D eigenvalue weighted by Crippen LogP contribution is -2.23. The summed E-state index contributed by atoms with van der Waals surface area (Å²) in [4.78, 5) is 5.94. The molecule has 1 unspecified atom stereocenters. The maximum absolute atomic E-state index is 13.4. The van der Waals surface area contributed by atoms with Crippen molar-refractivity contribution in [3.63, 3.8) is 0 Å². The predicted molar refractivity (Wildman–Crippen MR) is 81.7 cm³/mol. The zero-order valence-electron chi connectivity index (χ0n) is 12.0. The van der Waals surface area contributed by atoms with E-state index in [9.17, 15) is 4.39 Å². The van der Waals surface area contributed by atoms with Crippen LogP contribution in [-0.2, 0) is 19.6 Å². The molecular formula is C16H19FN2OS. The molecule has 2 aromatic rings. The molecular weight excluding hydrogens is 287 g/mol. The van der Waals surface area contributed by atoms with Crippen LogP contribution in [0.3, 0.4) is 0 Å². The number of benzene rings is 1. The number of aliphatic hydroxyl groups excluding tert-OH is 1. The summed E-state index contributed by atoms with van der Waals surface area (Å²) in [7, 11) is 0. The second-order valence-electron chi connectivity index (χ2n) is 5.45. The fraction of sp³-hybridized carbons (Fsp3) is 0.438. The van der Waals surface area contributed by atoms with Crippen LogP contribution in [0, 0.1) is 12.7 Å². The van der Waals surface area contributed by atoms with E-state index in [0.29, 0.717) is 18.2 Å². The molecule has 5 heteroatoms. The predicted octanol–water partition coefficient (Wildman–Crippen LogP) is 3.25. The highest BCUT2D eigenvalue weighted by Crippen LogP contribution is 2.34. The smallest absolute Gasteiger partial charge is 0.128 e. The van der Waals surface area contributed by atoms with Gasteiger partial charge in [0.15, 0.2) is 0 Å². The highest BCUT2D eigenvalue weighted by Gasteiger charge is 2.23. The van der Waals surface area contributed by atoms with Crippen LogP contribution in [0.25, 0.3) is 0 Å². The Hall–Kier alpha value is -1.30. The van der Waals surface area contributed by atoms with Crippen molar-refractivity contribution in [2.45, 2.75) is 45.4 Å². The van der Waals surface area contributed by atoms with Crippen LogP contribution in [-0.4, -0.2) is 10.1 Å². The lowest BCUT2D eigenvalue weighted by Gasteiger charge is -2.22.